The topological polar surface area (TPSA) is 33.5 Å². The first-order valence-electron chi connectivity index (χ1n) is 19.5. The summed E-state index contributed by atoms with van der Waals surface area (Å²) in [5.74, 6) is 2.12. The second kappa shape index (κ2) is 15.0. The van der Waals surface area contributed by atoms with Gasteiger partial charge in [-0.3, -0.25) is 0 Å². The Morgan fingerprint density at radius 1 is 0.579 bits per heavy atom. The molecular weight excluding hydrogens is 880 g/mol. The predicted molar refractivity (Wildman–Crippen MR) is 233 cm³/mol. The molecule has 1 aliphatic rings. The van der Waals surface area contributed by atoms with Crippen molar-refractivity contribution in [1.29, 1.82) is 0 Å². The van der Waals surface area contributed by atoms with Crippen LogP contribution in [0.1, 0.15) is 91.5 Å². The summed E-state index contributed by atoms with van der Waals surface area (Å²) < 4.78 is 8.94. The van der Waals surface area contributed by atoms with E-state index in [2.05, 4.69) is 212 Å². The molecule has 3 heterocycles. The number of hydrogen-bond donors (Lipinski definition) is 0. The Labute approximate surface area is 353 Å². The van der Waals surface area contributed by atoms with Gasteiger partial charge in [-0.2, -0.15) is 6.07 Å². The van der Waals surface area contributed by atoms with E-state index in [-0.39, 0.29) is 37.3 Å². The van der Waals surface area contributed by atoms with Gasteiger partial charge in [-0.25, -0.2) is 4.98 Å². The van der Waals surface area contributed by atoms with E-state index < -0.39 is 0 Å². The van der Waals surface area contributed by atoms with E-state index in [0.717, 1.165) is 56.0 Å². The van der Waals surface area contributed by atoms with Crippen molar-refractivity contribution < 1.29 is 25.8 Å². The van der Waals surface area contributed by atoms with Crippen LogP contribution in [0.5, 0.6) is 11.5 Å². The third-order valence-electron chi connectivity index (χ3n) is 11.4. The molecule has 0 unspecified atom stereocenters. The van der Waals surface area contributed by atoms with Gasteiger partial charge in [0.25, 0.3) is 0 Å². The van der Waals surface area contributed by atoms with Crippen molar-refractivity contribution in [2.24, 2.45) is 0 Å². The number of anilines is 2. The number of pyridine rings is 1. The minimum absolute atomic E-state index is 0. The smallest absolute Gasteiger partial charge is 0.135 e. The number of aromatic nitrogens is 2. The molecule has 2 aromatic heterocycles. The van der Waals surface area contributed by atoms with E-state index >= 15 is 0 Å². The van der Waals surface area contributed by atoms with Crippen LogP contribution in [-0.2, 0) is 37.3 Å². The Hall–Kier alpha value is -5.12. The molecule has 0 fully saturated rings. The molecule has 8 rings (SSSR count). The van der Waals surface area contributed by atoms with Crippen molar-refractivity contribution in [3.8, 4) is 17.3 Å². The van der Waals surface area contributed by atoms with Crippen molar-refractivity contribution in [3.63, 3.8) is 0 Å². The van der Waals surface area contributed by atoms with Crippen LogP contribution in [0.15, 0.2) is 133 Å². The molecule has 0 bridgehead atoms. The molecule has 0 aliphatic carbocycles. The van der Waals surface area contributed by atoms with Crippen LogP contribution in [0.2, 0.25) is 0 Å². The van der Waals surface area contributed by atoms with Crippen LogP contribution in [0, 0.1) is 18.8 Å². The number of ether oxygens (including phenoxy) is 1. The first-order chi connectivity index (χ1) is 26.6. The maximum absolute atomic E-state index is 6.74. The molecule has 294 valence electrons. The Morgan fingerprint density at radius 3 is 2.00 bits per heavy atom. The fourth-order valence-corrected chi connectivity index (χ4v) is 7.65. The summed E-state index contributed by atoms with van der Waals surface area (Å²) in [6.07, 6.45) is 1.90. The molecular formula is C51H51N4OPt-3. The van der Waals surface area contributed by atoms with Gasteiger partial charge in [0, 0.05) is 66.8 Å². The van der Waals surface area contributed by atoms with E-state index in [4.69, 9.17) is 9.72 Å². The van der Waals surface area contributed by atoms with Gasteiger partial charge in [-0.15, -0.1) is 53.6 Å². The Bertz CT molecular complexity index is 2620. The zero-order valence-electron chi connectivity index (χ0n) is 34.6. The fourth-order valence-electron chi connectivity index (χ4n) is 7.65. The first-order valence-corrected chi connectivity index (χ1v) is 19.5. The predicted octanol–water partition coefficient (Wildman–Crippen LogP) is 13.2. The number of benzene rings is 5. The number of para-hydroxylation sites is 1. The molecule has 7 aromatic rings. The van der Waals surface area contributed by atoms with Gasteiger partial charge in [0.05, 0.1) is 0 Å². The fraction of sp³-hybridized carbons (Fsp3) is 0.255. The van der Waals surface area contributed by atoms with Gasteiger partial charge >= 0.3 is 0 Å². The largest absolute Gasteiger partial charge is 0.509 e. The summed E-state index contributed by atoms with van der Waals surface area (Å²) in [4.78, 5) is 9.36. The van der Waals surface area contributed by atoms with Crippen molar-refractivity contribution >= 4 is 33.2 Å². The molecule has 0 saturated carbocycles. The third-order valence-corrected chi connectivity index (χ3v) is 11.4. The number of allylic oxidation sites excluding steroid dienone is 2. The molecule has 0 N–H and O–H groups in total. The minimum atomic E-state index is -0.147. The van der Waals surface area contributed by atoms with Crippen LogP contribution in [0.25, 0.3) is 27.6 Å². The van der Waals surface area contributed by atoms with Crippen molar-refractivity contribution in [2.45, 2.75) is 85.5 Å². The second-order valence-electron chi connectivity index (χ2n) is 17.6. The van der Waals surface area contributed by atoms with E-state index in [1.54, 1.807) is 0 Å². The number of rotatable bonds is 7. The summed E-state index contributed by atoms with van der Waals surface area (Å²) in [7, 11) is 0. The van der Waals surface area contributed by atoms with Crippen LogP contribution in [0.4, 0.5) is 11.4 Å². The Balaban J connectivity index is 0.00000496. The third kappa shape index (κ3) is 7.55. The molecule has 0 atom stereocenters. The van der Waals surface area contributed by atoms with Crippen LogP contribution in [0.3, 0.4) is 0 Å². The van der Waals surface area contributed by atoms with Crippen molar-refractivity contribution in [3.05, 3.63) is 174 Å². The van der Waals surface area contributed by atoms with Crippen LogP contribution < -0.4 is 14.5 Å². The SMILES string of the molecule is CC1=C(C)N(c2cccc(C(C)(C)c3ccccc3)c2)[CH-]N1c1[c-]c(Oc2[c-]c3c(cc2)c2ccccc2n3-c2cc(C(C)(C)C)ccn2)cc(C(C)(C)C)c1.[Pt]. The van der Waals surface area contributed by atoms with E-state index in [1.807, 2.05) is 12.3 Å². The Kier molecular flexibility index (Phi) is 10.5. The molecule has 0 spiro atoms. The summed E-state index contributed by atoms with van der Waals surface area (Å²) in [6, 6.07) is 48.2. The van der Waals surface area contributed by atoms with Gasteiger partial charge in [0.1, 0.15) is 5.82 Å². The molecule has 6 heteroatoms. The second-order valence-corrected chi connectivity index (χ2v) is 17.6. The Morgan fingerprint density at radius 2 is 1.26 bits per heavy atom. The van der Waals surface area contributed by atoms with E-state index in [1.165, 1.54) is 16.7 Å². The van der Waals surface area contributed by atoms with Gasteiger partial charge in [0.15, 0.2) is 0 Å². The maximum atomic E-state index is 6.74. The monoisotopic (exact) mass is 930 g/mol. The molecule has 57 heavy (non-hydrogen) atoms. The average molecular weight is 931 g/mol. The summed E-state index contributed by atoms with van der Waals surface area (Å²) >= 11 is 0. The number of hydrogen-bond acceptors (Lipinski definition) is 4. The number of fused-ring (bicyclic) bond motifs is 3. The zero-order chi connectivity index (χ0) is 39.6. The number of nitrogens with zero attached hydrogens (tertiary/aromatic N) is 4. The van der Waals surface area contributed by atoms with Gasteiger partial charge < -0.3 is 19.1 Å². The quantitative estimate of drug-likeness (QED) is 0.149. The van der Waals surface area contributed by atoms with Gasteiger partial charge in [-0.05, 0) is 77.1 Å². The molecule has 1 aliphatic heterocycles. The molecule has 0 radical (unpaired) electrons. The maximum Gasteiger partial charge on any atom is 0.135 e. The van der Waals surface area contributed by atoms with Crippen LogP contribution in [-0.4, -0.2) is 9.55 Å². The summed E-state index contributed by atoms with van der Waals surface area (Å²) in [5, 5.41) is 2.25. The van der Waals surface area contributed by atoms with E-state index in [9.17, 15) is 0 Å². The molecule has 5 nitrogen and oxygen atoms in total. The molecule has 5 aromatic carbocycles. The van der Waals surface area contributed by atoms with Crippen molar-refractivity contribution in [1.82, 2.24) is 9.55 Å². The minimum Gasteiger partial charge on any atom is -0.509 e. The molecule has 0 amide bonds. The van der Waals surface area contributed by atoms with E-state index in [0.29, 0.717) is 11.5 Å². The standard InChI is InChI=1S/C51H51N4O.Pt/c1-34-35(2)54(33-53(34)40-20-16-19-38(27-40)51(9,10)36-17-12-11-13-18-36)41-28-39(50(6,7)8)29-43(31-41)56-42-23-24-45-44-21-14-15-22-46(44)55(47(45)32-42)48-30-37(25-26-52-48)49(3,4)5;/h11-30,33H,1-10H3;/q-3;. The van der Waals surface area contributed by atoms with Gasteiger partial charge in [-0.1, -0.05) is 122 Å². The van der Waals surface area contributed by atoms with Crippen molar-refractivity contribution in [2.75, 3.05) is 9.80 Å². The van der Waals surface area contributed by atoms with Gasteiger partial charge in [0.2, 0.25) is 0 Å². The van der Waals surface area contributed by atoms with Crippen LogP contribution >= 0.6 is 0 Å². The zero-order valence-corrected chi connectivity index (χ0v) is 36.9. The summed E-state index contributed by atoms with van der Waals surface area (Å²) in [6.45, 7) is 24.5. The molecule has 0 saturated heterocycles. The summed E-state index contributed by atoms with van der Waals surface area (Å²) in [5.41, 5.74) is 11.0. The first kappa shape index (κ1) is 40.1. The normalized spacial score (nSPS) is 13.8. The average Bonchev–Trinajstić information content (AvgIpc) is 3.67.